The monoisotopic (exact) mass is 379 g/mol. The van der Waals surface area contributed by atoms with Gasteiger partial charge in [0, 0.05) is 28.2 Å². The fourth-order valence-electron chi connectivity index (χ4n) is 2.15. The number of halogens is 1. The summed E-state index contributed by atoms with van der Waals surface area (Å²) in [5, 5.41) is 3.62. The lowest BCUT2D eigenvalue weighted by atomic mass is 10.2. The summed E-state index contributed by atoms with van der Waals surface area (Å²) in [6.07, 6.45) is 0.401. The van der Waals surface area contributed by atoms with Gasteiger partial charge >= 0.3 is 0 Å². The van der Waals surface area contributed by atoms with Crippen LogP contribution in [0.25, 0.3) is 0 Å². The third-order valence-corrected chi connectivity index (χ3v) is 4.51. The van der Waals surface area contributed by atoms with Gasteiger partial charge in [0.2, 0.25) is 5.91 Å². The van der Waals surface area contributed by atoms with Crippen molar-refractivity contribution in [3.63, 3.8) is 0 Å². The first kappa shape index (κ1) is 19.5. The number of carbonyl (C=O) groups is 1. The Labute approximate surface area is 157 Å². The molecule has 6 heteroatoms. The minimum Gasteiger partial charge on any atom is -0.494 e. The fourth-order valence-corrected chi connectivity index (χ4v) is 3.13. The molecule has 1 N–H and O–H groups in total. The smallest absolute Gasteiger partial charge is 0.225 e. The number of anilines is 1. The highest BCUT2D eigenvalue weighted by molar-refractivity contribution is 7.99. The molecule has 0 unspecified atom stereocenters. The zero-order valence-electron chi connectivity index (χ0n) is 14.4. The highest BCUT2D eigenvalue weighted by Gasteiger charge is 2.10. The first-order valence-electron chi connectivity index (χ1n) is 8.20. The van der Waals surface area contributed by atoms with E-state index in [1.54, 1.807) is 17.8 Å². The van der Waals surface area contributed by atoms with Crippen LogP contribution in [0.4, 0.5) is 5.69 Å². The van der Waals surface area contributed by atoms with E-state index in [0.29, 0.717) is 47.6 Å². The molecule has 0 saturated carbocycles. The number of hydrogen-bond acceptors (Lipinski definition) is 4. The van der Waals surface area contributed by atoms with Gasteiger partial charge in [0.1, 0.15) is 11.5 Å². The zero-order valence-corrected chi connectivity index (χ0v) is 16.0. The Bertz CT molecular complexity index is 692. The van der Waals surface area contributed by atoms with Gasteiger partial charge in [0.25, 0.3) is 0 Å². The predicted molar refractivity (Wildman–Crippen MR) is 104 cm³/mol. The molecular formula is C19H22ClNO3S. The van der Waals surface area contributed by atoms with Crippen molar-refractivity contribution in [1.82, 2.24) is 0 Å². The first-order valence-corrected chi connectivity index (χ1v) is 9.56. The second-order valence-corrected chi connectivity index (χ2v) is 6.73. The van der Waals surface area contributed by atoms with E-state index in [0.717, 1.165) is 4.90 Å². The van der Waals surface area contributed by atoms with Gasteiger partial charge in [-0.25, -0.2) is 0 Å². The fraction of sp³-hybridized carbons (Fsp3) is 0.316. The van der Waals surface area contributed by atoms with Gasteiger partial charge in [0.05, 0.1) is 18.9 Å². The van der Waals surface area contributed by atoms with Crippen LogP contribution in [0.5, 0.6) is 11.5 Å². The molecule has 134 valence electrons. The molecule has 2 aromatic carbocycles. The summed E-state index contributed by atoms with van der Waals surface area (Å²) in [5.41, 5.74) is 0.634. The van der Waals surface area contributed by atoms with Gasteiger partial charge in [-0.05, 0) is 50.2 Å². The standard InChI is InChI=1S/C19H22ClNO3S/c1-3-23-15-7-10-18(24-4-2)17(13-15)21-19(22)11-12-25-16-8-5-14(20)6-9-16/h5-10,13H,3-4,11-12H2,1-2H3,(H,21,22). The van der Waals surface area contributed by atoms with Crippen LogP contribution in [0.15, 0.2) is 47.4 Å². The third-order valence-electron chi connectivity index (χ3n) is 3.25. The highest BCUT2D eigenvalue weighted by Crippen LogP contribution is 2.30. The van der Waals surface area contributed by atoms with Crippen LogP contribution in [0.1, 0.15) is 20.3 Å². The van der Waals surface area contributed by atoms with Crippen LogP contribution in [-0.2, 0) is 4.79 Å². The van der Waals surface area contributed by atoms with E-state index >= 15 is 0 Å². The van der Waals surface area contributed by atoms with Gasteiger partial charge in [-0.2, -0.15) is 0 Å². The number of thioether (sulfide) groups is 1. The molecule has 2 rings (SSSR count). The van der Waals surface area contributed by atoms with Crippen molar-refractivity contribution >= 4 is 35.0 Å². The Hall–Kier alpha value is -1.85. The Morgan fingerprint density at radius 1 is 1.08 bits per heavy atom. The summed E-state index contributed by atoms with van der Waals surface area (Å²) in [5.74, 6) is 1.97. The largest absolute Gasteiger partial charge is 0.494 e. The van der Waals surface area contributed by atoms with Crippen LogP contribution >= 0.6 is 23.4 Å². The molecule has 0 atom stereocenters. The van der Waals surface area contributed by atoms with Gasteiger partial charge in [-0.3, -0.25) is 4.79 Å². The van der Waals surface area contributed by atoms with E-state index < -0.39 is 0 Å². The number of benzene rings is 2. The SMILES string of the molecule is CCOc1ccc(OCC)c(NC(=O)CCSc2ccc(Cl)cc2)c1. The highest BCUT2D eigenvalue weighted by atomic mass is 35.5. The minimum atomic E-state index is -0.0592. The topological polar surface area (TPSA) is 47.6 Å². The molecule has 0 heterocycles. The maximum Gasteiger partial charge on any atom is 0.225 e. The molecule has 25 heavy (non-hydrogen) atoms. The number of ether oxygens (including phenoxy) is 2. The average molecular weight is 380 g/mol. The molecule has 0 fully saturated rings. The number of nitrogens with one attached hydrogen (secondary N) is 1. The van der Waals surface area contributed by atoms with Gasteiger partial charge in [0.15, 0.2) is 0 Å². The molecule has 4 nitrogen and oxygen atoms in total. The molecule has 0 aliphatic carbocycles. The molecule has 0 aliphatic heterocycles. The van der Waals surface area contributed by atoms with Crippen molar-refractivity contribution in [2.45, 2.75) is 25.2 Å². The molecular weight excluding hydrogens is 358 g/mol. The summed E-state index contributed by atoms with van der Waals surface area (Å²) >= 11 is 7.48. The Kier molecular flexibility index (Phi) is 7.95. The lowest BCUT2D eigenvalue weighted by Crippen LogP contribution is -2.13. The molecule has 1 amide bonds. The molecule has 0 spiro atoms. The molecule has 2 aromatic rings. The van der Waals surface area contributed by atoms with Crippen molar-refractivity contribution in [3.05, 3.63) is 47.5 Å². The van der Waals surface area contributed by atoms with Crippen molar-refractivity contribution in [1.29, 1.82) is 0 Å². The van der Waals surface area contributed by atoms with E-state index in [-0.39, 0.29) is 5.91 Å². The van der Waals surface area contributed by atoms with Crippen molar-refractivity contribution < 1.29 is 14.3 Å². The number of carbonyl (C=O) groups excluding carboxylic acids is 1. The van der Waals surface area contributed by atoms with E-state index in [1.165, 1.54) is 0 Å². The lowest BCUT2D eigenvalue weighted by molar-refractivity contribution is -0.115. The normalized spacial score (nSPS) is 10.4. The summed E-state index contributed by atoms with van der Waals surface area (Å²) in [6.45, 7) is 4.93. The maximum atomic E-state index is 12.2. The van der Waals surface area contributed by atoms with Gasteiger partial charge in [-0.15, -0.1) is 11.8 Å². The molecule has 0 aliphatic rings. The summed E-state index contributed by atoms with van der Waals surface area (Å²) in [4.78, 5) is 13.3. The third kappa shape index (κ3) is 6.52. The Morgan fingerprint density at radius 2 is 1.80 bits per heavy atom. The second kappa shape index (κ2) is 10.2. The molecule has 0 aromatic heterocycles. The maximum absolute atomic E-state index is 12.2. The molecule has 0 radical (unpaired) electrons. The summed E-state index contributed by atoms with van der Waals surface area (Å²) in [6, 6.07) is 13.0. The van der Waals surface area contributed by atoms with E-state index in [1.807, 2.05) is 50.2 Å². The molecule has 0 saturated heterocycles. The first-order chi connectivity index (χ1) is 12.1. The average Bonchev–Trinajstić information content (AvgIpc) is 2.59. The Balaban J connectivity index is 1.91. The predicted octanol–water partition coefficient (Wildman–Crippen LogP) is 5.26. The van der Waals surface area contributed by atoms with E-state index in [4.69, 9.17) is 21.1 Å². The molecule has 0 bridgehead atoms. The minimum absolute atomic E-state index is 0.0592. The van der Waals surface area contributed by atoms with Gasteiger partial charge in [-0.1, -0.05) is 11.6 Å². The van der Waals surface area contributed by atoms with Crippen LogP contribution in [0.2, 0.25) is 5.02 Å². The number of hydrogen-bond donors (Lipinski definition) is 1. The number of rotatable bonds is 9. The van der Waals surface area contributed by atoms with E-state index in [2.05, 4.69) is 5.32 Å². The van der Waals surface area contributed by atoms with Crippen LogP contribution in [0, 0.1) is 0 Å². The van der Waals surface area contributed by atoms with Crippen LogP contribution in [0.3, 0.4) is 0 Å². The Morgan fingerprint density at radius 3 is 2.48 bits per heavy atom. The number of amides is 1. The van der Waals surface area contributed by atoms with Crippen molar-refractivity contribution in [2.75, 3.05) is 24.3 Å². The van der Waals surface area contributed by atoms with Crippen LogP contribution in [-0.4, -0.2) is 24.9 Å². The quantitative estimate of drug-likeness (QED) is 0.604. The summed E-state index contributed by atoms with van der Waals surface area (Å²) < 4.78 is 11.1. The van der Waals surface area contributed by atoms with Crippen molar-refractivity contribution in [3.8, 4) is 11.5 Å². The zero-order chi connectivity index (χ0) is 18.1. The second-order valence-electron chi connectivity index (χ2n) is 5.12. The van der Waals surface area contributed by atoms with Gasteiger partial charge < -0.3 is 14.8 Å². The van der Waals surface area contributed by atoms with E-state index in [9.17, 15) is 4.79 Å². The van der Waals surface area contributed by atoms with Crippen molar-refractivity contribution in [2.24, 2.45) is 0 Å². The summed E-state index contributed by atoms with van der Waals surface area (Å²) in [7, 11) is 0. The lowest BCUT2D eigenvalue weighted by Gasteiger charge is -2.13. The van der Waals surface area contributed by atoms with Crippen LogP contribution < -0.4 is 14.8 Å².